The minimum atomic E-state index is -0.163. The summed E-state index contributed by atoms with van der Waals surface area (Å²) in [5, 5.41) is 3.97. The lowest BCUT2D eigenvalue weighted by molar-refractivity contribution is 0.315. The van der Waals surface area contributed by atoms with Crippen LogP contribution in [0.5, 0.6) is 0 Å². The van der Waals surface area contributed by atoms with E-state index in [1.165, 1.54) is 113 Å². The molecular formula is C68H73BN2. The molecule has 10 rings (SSSR count). The maximum atomic E-state index is 3.97. The third kappa shape index (κ3) is 9.18. The molecule has 1 N–H and O–H groups in total. The van der Waals surface area contributed by atoms with Crippen molar-refractivity contribution >= 4 is 41.6 Å². The number of anilines is 4. The molecule has 1 saturated carbocycles. The first-order chi connectivity index (χ1) is 33.9. The fourth-order valence-corrected chi connectivity index (χ4v) is 12.0. The van der Waals surface area contributed by atoms with Gasteiger partial charge in [0.15, 0.2) is 0 Å². The number of allylic oxidation sites excluding steroid dienone is 5. The molecule has 0 amide bonds. The predicted octanol–water partition coefficient (Wildman–Crippen LogP) is 17.3. The van der Waals surface area contributed by atoms with E-state index in [9.17, 15) is 0 Å². The van der Waals surface area contributed by atoms with Gasteiger partial charge in [0.1, 0.15) is 7.85 Å². The molecule has 358 valence electrons. The fourth-order valence-electron chi connectivity index (χ4n) is 12.0. The quantitative estimate of drug-likeness (QED) is 0.0970. The molecule has 0 spiro atoms. The Hall–Kier alpha value is -6.58. The number of hydrogen-bond donors (Lipinski definition) is 1. The summed E-state index contributed by atoms with van der Waals surface area (Å²) in [7, 11) is 2.37. The standard InChI is InChI=1S/C68H73BN2/c1-12-20-43(2)35-49(46-21-14-13-15-22-46)42-70-60-31-30-59-63(54-25-18-19-26-58(54)68(59,10)11)64(60)57-36-44(3)37-62(65(57)69)71(61-32-27-50(38-45(61)4)67(8,9)34-33-66(5,6)7)51-28-29-53-48(40-51)39-47-23-16-17-24-52(47)55-41-56(53)55/h12-32,35-38,40,42,55-56,70H,33-34,39,41,69H2,1-11H3/b20-12-,43-35-,49-42-. The van der Waals surface area contributed by atoms with Gasteiger partial charge in [-0.2, -0.15) is 0 Å². The first kappa shape index (κ1) is 48.1. The van der Waals surface area contributed by atoms with E-state index in [0.717, 1.165) is 24.1 Å². The van der Waals surface area contributed by atoms with E-state index < -0.39 is 0 Å². The lowest BCUT2D eigenvalue weighted by Crippen LogP contribution is -2.24. The zero-order valence-corrected chi connectivity index (χ0v) is 44.5. The Morgan fingerprint density at radius 2 is 1.42 bits per heavy atom. The molecule has 3 aliphatic carbocycles. The highest BCUT2D eigenvalue weighted by molar-refractivity contribution is 6.40. The van der Waals surface area contributed by atoms with Gasteiger partial charge >= 0.3 is 0 Å². The molecular weight excluding hydrogens is 856 g/mol. The molecule has 2 nitrogen and oxygen atoms in total. The average Bonchev–Trinajstić information content (AvgIpc) is 4.12. The van der Waals surface area contributed by atoms with Crippen LogP contribution in [0.2, 0.25) is 0 Å². The minimum absolute atomic E-state index is 0.0449. The number of benzene rings is 7. The first-order valence-electron chi connectivity index (χ1n) is 26.3. The van der Waals surface area contributed by atoms with E-state index in [2.05, 4.69) is 258 Å². The summed E-state index contributed by atoms with van der Waals surface area (Å²) in [6.45, 7) is 25.6. The highest BCUT2D eigenvalue weighted by Crippen LogP contribution is 2.59. The second-order valence-electron chi connectivity index (χ2n) is 23.5. The van der Waals surface area contributed by atoms with Crippen LogP contribution in [-0.4, -0.2) is 7.85 Å². The van der Waals surface area contributed by atoms with Crippen molar-refractivity contribution in [1.82, 2.24) is 0 Å². The van der Waals surface area contributed by atoms with Crippen LogP contribution in [0, 0.1) is 19.3 Å². The second kappa shape index (κ2) is 18.6. The third-order valence-electron chi connectivity index (χ3n) is 16.2. The monoisotopic (exact) mass is 929 g/mol. The van der Waals surface area contributed by atoms with E-state index in [4.69, 9.17) is 0 Å². The number of hydrogen-bond acceptors (Lipinski definition) is 2. The van der Waals surface area contributed by atoms with Gasteiger partial charge in [0.25, 0.3) is 0 Å². The van der Waals surface area contributed by atoms with Gasteiger partial charge in [0.05, 0.1) is 0 Å². The van der Waals surface area contributed by atoms with E-state index in [0.29, 0.717) is 11.8 Å². The zero-order valence-electron chi connectivity index (χ0n) is 44.5. The Balaban J connectivity index is 1.19. The minimum Gasteiger partial charge on any atom is -0.361 e. The molecule has 7 aromatic rings. The summed E-state index contributed by atoms with van der Waals surface area (Å²) in [5.41, 5.74) is 27.4. The molecule has 2 unspecified atom stereocenters. The molecule has 7 aromatic carbocycles. The topological polar surface area (TPSA) is 15.3 Å². The van der Waals surface area contributed by atoms with Crippen molar-refractivity contribution in [1.29, 1.82) is 0 Å². The summed E-state index contributed by atoms with van der Waals surface area (Å²) >= 11 is 0. The molecule has 3 aliphatic rings. The molecule has 0 aliphatic heterocycles. The van der Waals surface area contributed by atoms with Gasteiger partial charge in [-0.15, -0.1) is 0 Å². The largest absolute Gasteiger partial charge is 0.361 e. The van der Waals surface area contributed by atoms with Gasteiger partial charge in [0, 0.05) is 39.9 Å². The Bertz CT molecular complexity index is 3280. The lowest BCUT2D eigenvalue weighted by atomic mass is 9.75. The molecule has 0 radical (unpaired) electrons. The maximum Gasteiger partial charge on any atom is 0.142 e. The third-order valence-corrected chi connectivity index (χ3v) is 16.2. The number of rotatable bonds is 12. The molecule has 3 heteroatoms. The van der Waals surface area contributed by atoms with Gasteiger partial charge in [-0.25, -0.2) is 0 Å². The van der Waals surface area contributed by atoms with Crippen molar-refractivity contribution in [3.8, 4) is 22.3 Å². The fraction of sp³-hybridized carbons (Fsp3) is 0.294. The second-order valence-corrected chi connectivity index (χ2v) is 23.5. The zero-order chi connectivity index (χ0) is 50.0. The average molecular weight is 929 g/mol. The van der Waals surface area contributed by atoms with Crippen molar-refractivity contribution in [2.75, 3.05) is 10.2 Å². The Morgan fingerprint density at radius 3 is 2.17 bits per heavy atom. The van der Waals surface area contributed by atoms with Crippen molar-refractivity contribution < 1.29 is 0 Å². The number of aryl methyl sites for hydroxylation is 2. The lowest BCUT2D eigenvalue weighted by Gasteiger charge is -2.33. The van der Waals surface area contributed by atoms with Crippen molar-refractivity contribution in [3.63, 3.8) is 0 Å². The Labute approximate surface area is 427 Å². The molecule has 0 saturated heterocycles. The van der Waals surface area contributed by atoms with Crippen LogP contribution in [0.25, 0.3) is 27.8 Å². The SMILES string of the molecule is Bc1c(-c2c(N/C=C(/C=C(C)\C=C/C)c3ccccc3)ccc3c2-c2ccccc2C3(C)C)cc(C)cc1N(c1ccc2c(c1)Cc1ccccc1C1CC21)c1ccc(C(C)(C)CCC(C)(C)C)cc1C. The van der Waals surface area contributed by atoms with Crippen molar-refractivity contribution in [2.45, 2.75) is 125 Å². The van der Waals surface area contributed by atoms with E-state index in [1.807, 2.05) is 0 Å². The van der Waals surface area contributed by atoms with Gasteiger partial charge in [0.2, 0.25) is 0 Å². The Kier molecular flexibility index (Phi) is 12.6. The smallest absolute Gasteiger partial charge is 0.142 e. The van der Waals surface area contributed by atoms with Gasteiger partial charge < -0.3 is 10.2 Å². The highest BCUT2D eigenvalue weighted by Gasteiger charge is 2.44. The summed E-state index contributed by atoms with van der Waals surface area (Å²) in [4.78, 5) is 2.60. The van der Waals surface area contributed by atoms with Crippen LogP contribution in [0.3, 0.4) is 0 Å². The highest BCUT2D eigenvalue weighted by atomic mass is 15.1. The molecule has 0 bridgehead atoms. The van der Waals surface area contributed by atoms with Gasteiger partial charge in [-0.1, -0.05) is 181 Å². The molecule has 0 aromatic heterocycles. The van der Waals surface area contributed by atoms with Gasteiger partial charge in [-0.05, 0) is 190 Å². The normalized spacial score (nSPS) is 16.9. The number of nitrogens with one attached hydrogen (secondary N) is 1. The summed E-state index contributed by atoms with van der Waals surface area (Å²) < 4.78 is 0. The van der Waals surface area contributed by atoms with E-state index in [1.54, 1.807) is 5.56 Å². The first-order valence-corrected chi connectivity index (χ1v) is 26.3. The Morgan fingerprint density at radius 1 is 0.704 bits per heavy atom. The maximum absolute atomic E-state index is 3.97. The van der Waals surface area contributed by atoms with Crippen LogP contribution < -0.4 is 15.7 Å². The van der Waals surface area contributed by atoms with Crippen molar-refractivity contribution in [2.24, 2.45) is 5.41 Å². The molecule has 2 atom stereocenters. The summed E-state index contributed by atoms with van der Waals surface area (Å²) in [6.07, 6.45) is 13.3. The summed E-state index contributed by atoms with van der Waals surface area (Å²) in [6, 6.07) is 53.4. The van der Waals surface area contributed by atoms with Crippen LogP contribution >= 0.6 is 0 Å². The number of nitrogens with zero attached hydrogens (tertiary/aromatic N) is 1. The predicted molar refractivity (Wildman–Crippen MR) is 309 cm³/mol. The van der Waals surface area contributed by atoms with Crippen LogP contribution in [-0.2, 0) is 17.3 Å². The van der Waals surface area contributed by atoms with E-state index >= 15 is 0 Å². The van der Waals surface area contributed by atoms with Crippen LogP contribution in [0.1, 0.15) is 149 Å². The number of fused-ring (bicyclic) bond motifs is 8. The van der Waals surface area contributed by atoms with Crippen molar-refractivity contribution in [3.05, 3.63) is 225 Å². The molecule has 0 heterocycles. The molecule has 71 heavy (non-hydrogen) atoms. The van der Waals surface area contributed by atoms with Gasteiger partial charge in [-0.3, -0.25) is 0 Å². The van der Waals surface area contributed by atoms with Crippen LogP contribution in [0.4, 0.5) is 22.7 Å². The van der Waals surface area contributed by atoms with E-state index in [-0.39, 0.29) is 16.2 Å². The van der Waals surface area contributed by atoms with Crippen LogP contribution in [0.15, 0.2) is 170 Å². The molecule has 1 fully saturated rings. The summed E-state index contributed by atoms with van der Waals surface area (Å²) in [5.74, 6) is 1.22.